The highest BCUT2D eigenvalue weighted by Crippen LogP contribution is 2.38. The Morgan fingerprint density at radius 2 is 1.42 bits per heavy atom. The summed E-state index contributed by atoms with van der Waals surface area (Å²) in [4.78, 5) is 65.9. The van der Waals surface area contributed by atoms with Gasteiger partial charge in [0.1, 0.15) is 17.1 Å². The molecule has 0 fully saturated rings. The number of thiophene rings is 1. The molecule has 0 radical (unpaired) electrons. The van der Waals surface area contributed by atoms with Gasteiger partial charge in [-0.05, 0) is 54.7 Å². The van der Waals surface area contributed by atoms with Gasteiger partial charge in [-0.1, -0.05) is 36.4 Å². The van der Waals surface area contributed by atoms with E-state index in [9.17, 15) is 24.0 Å². The molecule has 0 saturated carbocycles. The lowest BCUT2D eigenvalue weighted by atomic mass is 10.0. The van der Waals surface area contributed by atoms with Crippen molar-refractivity contribution in [3.8, 4) is 20.3 Å². The number of fused-ring (bicyclic) bond motifs is 1. The zero-order chi connectivity index (χ0) is 30.9. The van der Waals surface area contributed by atoms with Crippen LogP contribution in [0.25, 0.3) is 30.5 Å². The van der Waals surface area contributed by atoms with Crippen molar-refractivity contribution < 1.29 is 34.2 Å². The minimum Gasteiger partial charge on any atom is -0.481 e. The molecule has 13 heteroatoms. The van der Waals surface area contributed by atoms with Crippen LogP contribution in [-0.2, 0) is 30.4 Å². The number of para-hydroxylation sites is 1. The fraction of sp³-hybridized carbons (Fsp3) is 0.267. The molecule has 11 nitrogen and oxygen atoms in total. The second kappa shape index (κ2) is 14.5. The number of carboxylic acids is 2. The van der Waals surface area contributed by atoms with Crippen LogP contribution in [0.4, 0.5) is 0 Å². The van der Waals surface area contributed by atoms with Crippen LogP contribution < -0.4 is 16.4 Å². The number of amides is 3. The van der Waals surface area contributed by atoms with E-state index in [2.05, 4.69) is 28.8 Å². The Balaban J connectivity index is 1.33. The number of aromatic nitrogens is 1. The van der Waals surface area contributed by atoms with Gasteiger partial charge in [-0.25, -0.2) is 4.98 Å². The van der Waals surface area contributed by atoms with Crippen LogP contribution in [0.2, 0.25) is 0 Å². The first-order chi connectivity index (χ1) is 20.6. The maximum Gasteiger partial charge on any atom is 0.303 e. The van der Waals surface area contributed by atoms with Crippen molar-refractivity contribution in [2.45, 2.75) is 50.6 Å². The first kappa shape index (κ1) is 31.3. The Morgan fingerprint density at radius 1 is 0.767 bits per heavy atom. The number of carbonyl (C=O) groups excluding carboxylic acids is 3. The van der Waals surface area contributed by atoms with Crippen LogP contribution in [0, 0.1) is 0 Å². The molecular formula is C30H30N4O7S2. The van der Waals surface area contributed by atoms with Gasteiger partial charge in [0.2, 0.25) is 17.7 Å². The summed E-state index contributed by atoms with van der Waals surface area (Å²) in [5.41, 5.74) is 8.17. The van der Waals surface area contributed by atoms with E-state index >= 15 is 0 Å². The van der Waals surface area contributed by atoms with E-state index in [1.165, 1.54) is 0 Å². The van der Waals surface area contributed by atoms with Gasteiger partial charge in [0.25, 0.3) is 0 Å². The smallest absolute Gasteiger partial charge is 0.303 e. The minimum atomic E-state index is -1.27. The number of thiazole rings is 1. The molecule has 3 amide bonds. The Morgan fingerprint density at radius 3 is 2.07 bits per heavy atom. The highest BCUT2D eigenvalue weighted by molar-refractivity contribution is 7.26. The summed E-state index contributed by atoms with van der Waals surface area (Å²) in [7, 11) is 0. The summed E-state index contributed by atoms with van der Waals surface area (Å²) in [6, 6.07) is 17.4. The number of aliphatic carboxylic acids is 2. The van der Waals surface area contributed by atoms with Crippen molar-refractivity contribution in [3.05, 3.63) is 66.2 Å². The number of benzene rings is 2. The summed E-state index contributed by atoms with van der Waals surface area (Å²) < 4.78 is 1.14. The van der Waals surface area contributed by atoms with Crippen molar-refractivity contribution in [3.63, 3.8) is 0 Å². The molecule has 0 spiro atoms. The summed E-state index contributed by atoms with van der Waals surface area (Å²) in [5.74, 6) is -4.56. The van der Waals surface area contributed by atoms with E-state index in [-0.39, 0.29) is 19.3 Å². The van der Waals surface area contributed by atoms with E-state index < -0.39 is 54.6 Å². The second-order valence-corrected chi connectivity index (χ2v) is 11.9. The van der Waals surface area contributed by atoms with E-state index in [0.29, 0.717) is 6.42 Å². The van der Waals surface area contributed by atoms with Crippen LogP contribution in [0.5, 0.6) is 0 Å². The molecule has 4 rings (SSSR count). The van der Waals surface area contributed by atoms with Crippen molar-refractivity contribution in [2.24, 2.45) is 5.73 Å². The van der Waals surface area contributed by atoms with Crippen molar-refractivity contribution >= 4 is 62.6 Å². The van der Waals surface area contributed by atoms with Crippen LogP contribution in [-0.4, -0.2) is 56.9 Å². The third kappa shape index (κ3) is 8.93. The van der Waals surface area contributed by atoms with Crippen molar-refractivity contribution in [1.82, 2.24) is 15.6 Å². The highest BCUT2D eigenvalue weighted by atomic mass is 32.1. The molecule has 0 aliphatic carbocycles. The Hall–Kier alpha value is -4.62. The quantitative estimate of drug-likeness (QED) is 0.132. The summed E-state index contributed by atoms with van der Waals surface area (Å²) >= 11 is 3.30. The molecule has 224 valence electrons. The second-order valence-electron chi connectivity index (χ2n) is 9.80. The third-order valence-electron chi connectivity index (χ3n) is 6.60. The number of aryl methyl sites for hydroxylation is 1. The molecule has 0 aliphatic rings. The number of rotatable bonds is 15. The van der Waals surface area contributed by atoms with E-state index in [4.69, 9.17) is 20.9 Å². The molecule has 0 aliphatic heterocycles. The predicted molar refractivity (Wildman–Crippen MR) is 163 cm³/mol. The molecule has 4 aromatic rings. The molecule has 0 bridgehead atoms. The maximum absolute atomic E-state index is 12.8. The summed E-state index contributed by atoms with van der Waals surface area (Å²) in [6.07, 6.45) is -0.847. The lowest BCUT2D eigenvalue weighted by molar-refractivity contribution is -0.139. The Kier molecular flexibility index (Phi) is 10.6. The molecular weight excluding hydrogens is 592 g/mol. The van der Waals surface area contributed by atoms with Crippen molar-refractivity contribution in [1.29, 1.82) is 0 Å². The van der Waals surface area contributed by atoms with Gasteiger partial charge in [-0.3, -0.25) is 24.0 Å². The van der Waals surface area contributed by atoms with Gasteiger partial charge < -0.3 is 26.6 Å². The number of hydrogen-bond acceptors (Lipinski definition) is 8. The number of nitrogens with one attached hydrogen (secondary N) is 2. The van der Waals surface area contributed by atoms with Gasteiger partial charge in [0.15, 0.2) is 0 Å². The zero-order valence-electron chi connectivity index (χ0n) is 22.9. The van der Waals surface area contributed by atoms with Crippen LogP contribution >= 0.6 is 22.7 Å². The van der Waals surface area contributed by atoms with Crippen LogP contribution in [0.3, 0.4) is 0 Å². The molecule has 2 unspecified atom stereocenters. The normalized spacial score (nSPS) is 12.4. The standard InChI is InChI=1S/C30H30N4O7S2/c31-28(40)20(10-15-26(36)37)33-29(41)21(11-16-27(38)39)32-25(35)14-7-17-5-8-18(9-6-17)22-12-13-24(42-22)30-34-19-3-1-2-4-23(19)43-30/h1-6,8-9,12-13,20-21H,7,10-11,14-16H2,(H2,31,40)(H,32,35)(H,33,41)(H,36,37)(H,38,39). The zero-order valence-corrected chi connectivity index (χ0v) is 24.6. The average molecular weight is 623 g/mol. The fourth-order valence-electron chi connectivity index (χ4n) is 4.31. The number of hydrogen-bond donors (Lipinski definition) is 5. The van der Waals surface area contributed by atoms with E-state index in [0.717, 1.165) is 36.1 Å². The Bertz CT molecular complexity index is 1600. The lowest BCUT2D eigenvalue weighted by Crippen LogP contribution is -2.53. The minimum absolute atomic E-state index is 0.0369. The molecule has 2 aromatic heterocycles. The predicted octanol–water partition coefficient (Wildman–Crippen LogP) is 3.81. The first-order valence-electron chi connectivity index (χ1n) is 13.5. The van der Waals surface area contributed by atoms with Gasteiger partial charge in [-0.15, -0.1) is 22.7 Å². The molecule has 2 aromatic carbocycles. The molecule has 2 atom stereocenters. The number of carbonyl (C=O) groups is 5. The largest absolute Gasteiger partial charge is 0.481 e. The third-order valence-corrected chi connectivity index (χ3v) is 8.94. The SMILES string of the molecule is NC(=O)C(CCC(=O)O)NC(=O)C(CCC(=O)O)NC(=O)CCc1ccc(-c2ccc(-c3nc4ccccc4s3)s2)cc1. The molecule has 6 N–H and O–H groups in total. The molecule has 43 heavy (non-hydrogen) atoms. The fourth-order valence-corrected chi connectivity index (χ4v) is 6.34. The number of nitrogens with two attached hydrogens (primary N) is 1. The lowest BCUT2D eigenvalue weighted by Gasteiger charge is -2.21. The van der Waals surface area contributed by atoms with Gasteiger partial charge in [-0.2, -0.15) is 0 Å². The average Bonchev–Trinajstić information content (AvgIpc) is 3.64. The summed E-state index contributed by atoms with van der Waals surface area (Å²) in [6.45, 7) is 0. The van der Waals surface area contributed by atoms with Gasteiger partial charge >= 0.3 is 11.9 Å². The maximum atomic E-state index is 12.8. The van der Waals surface area contributed by atoms with Crippen LogP contribution in [0.1, 0.15) is 37.7 Å². The van der Waals surface area contributed by atoms with Crippen LogP contribution in [0.15, 0.2) is 60.7 Å². The highest BCUT2D eigenvalue weighted by Gasteiger charge is 2.26. The number of nitrogens with zero attached hydrogens (tertiary/aromatic N) is 1. The monoisotopic (exact) mass is 622 g/mol. The first-order valence-corrected chi connectivity index (χ1v) is 15.1. The number of primary amides is 1. The van der Waals surface area contributed by atoms with Crippen molar-refractivity contribution in [2.75, 3.05) is 0 Å². The number of carboxylic acid groups (broad SMARTS) is 2. The molecule has 0 saturated heterocycles. The Labute approximate surface area is 254 Å². The van der Waals surface area contributed by atoms with E-state index in [1.54, 1.807) is 22.7 Å². The molecule has 2 heterocycles. The summed E-state index contributed by atoms with van der Waals surface area (Å²) in [5, 5.41) is 23.7. The van der Waals surface area contributed by atoms with Gasteiger partial charge in [0.05, 0.1) is 15.1 Å². The van der Waals surface area contributed by atoms with E-state index in [1.807, 2.05) is 42.5 Å². The van der Waals surface area contributed by atoms with Gasteiger partial charge in [0, 0.05) is 24.1 Å². The topological polar surface area (TPSA) is 189 Å².